The SMILES string of the molecule is Cc1cc(CNCC(C)CCCC(C)N)sc1C. The molecule has 0 aliphatic heterocycles. The number of aryl methyl sites for hydroxylation is 2. The van der Waals surface area contributed by atoms with Gasteiger partial charge in [0, 0.05) is 22.3 Å². The first kappa shape index (κ1) is 15.7. The number of hydrogen-bond acceptors (Lipinski definition) is 3. The molecule has 0 saturated heterocycles. The summed E-state index contributed by atoms with van der Waals surface area (Å²) in [7, 11) is 0. The van der Waals surface area contributed by atoms with Crippen LogP contribution >= 0.6 is 11.3 Å². The summed E-state index contributed by atoms with van der Waals surface area (Å²) in [5, 5.41) is 3.56. The predicted octanol–water partition coefficient (Wildman–Crippen LogP) is 3.61. The molecule has 18 heavy (non-hydrogen) atoms. The zero-order valence-corrected chi connectivity index (χ0v) is 13.1. The normalized spacial score (nSPS) is 14.7. The van der Waals surface area contributed by atoms with E-state index in [0.29, 0.717) is 6.04 Å². The highest BCUT2D eigenvalue weighted by Crippen LogP contribution is 2.20. The maximum Gasteiger partial charge on any atom is 0.0300 e. The monoisotopic (exact) mass is 268 g/mol. The van der Waals surface area contributed by atoms with E-state index in [9.17, 15) is 0 Å². The fraction of sp³-hybridized carbons (Fsp3) is 0.733. The van der Waals surface area contributed by atoms with Gasteiger partial charge in [-0.15, -0.1) is 11.3 Å². The molecule has 0 aromatic carbocycles. The molecule has 2 nitrogen and oxygen atoms in total. The van der Waals surface area contributed by atoms with Crippen molar-refractivity contribution in [3.63, 3.8) is 0 Å². The van der Waals surface area contributed by atoms with Gasteiger partial charge in [0.25, 0.3) is 0 Å². The zero-order valence-electron chi connectivity index (χ0n) is 12.3. The van der Waals surface area contributed by atoms with Gasteiger partial charge in [0.15, 0.2) is 0 Å². The standard InChI is InChI=1S/C15H28N2S/c1-11(6-5-7-13(3)16)9-17-10-15-8-12(2)14(4)18-15/h8,11,13,17H,5-7,9-10,16H2,1-4H3. The van der Waals surface area contributed by atoms with E-state index in [-0.39, 0.29) is 0 Å². The molecule has 0 radical (unpaired) electrons. The van der Waals surface area contributed by atoms with Gasteiger partial charge in [-0.05, 0) is 57.7 Å². The lowest BCUT2D eigenvalue weighted by Gasteiger charge is -2.12. The van der Waals surface area contributed by atoms with E-state index >= 15 is 0 Å². The molecular formula is C15H28N2S. The highest BCUT2D eigenvalue weighted by atomic mass is 32.1. The van der Waals surface area contributed by atoms with Gasteiger partial charge in [0.1, 0.15) is 0 Å². The Kier molecular flexibility index (Phi) is 6.90. The molecule has 0 aliphatic carbocycles. The molecule has 3 heteroatoms. The van der Waals surface area contributed by atoms with Gasteiger partial charge < -0.3 is 11.1 Å². The van der Waals surface area contributed by atoms with Crippen LogP contribution in [0.2, 0.25) is 0 Å². The van der Waals surface area contributed by atoms with Crippen LogP contribution in [-0.4, -0.2) is 12.6 Å². The Morgan fingerprint density at radius 3 is 2.56 bits per heavy atom. The quantitative estimate of drug-likeness (QED) is 0.756. The lowest BCUT2D eigenvalue weighted by molar-refractivity contribution is 0.449. The second-order valence-corrected chi connectivity index (χ2v) is 6.94. The van der Waals surface area contributed by atoms with Crippen LogP contribution in [0.5, 0.6) is 0 Å². The average molecular weight is 268 g/mol. The molecule has 1 aromatic heterocycles. The minimum atomic E-state index is 0.349. The first-order valence-corrected chi connectivity index (χ1v) is 7.83. The van der Waals surface area contributed by atoms with Crippen molar-refractivity contribution in [1.29, 1.82) is 0 Å². The smallest absolute Gasteiger partial charge is 0.0300 e. The molecule has 1 aromatic rings. The van der Waals surface area contributed by atoms with Crippen LogP contribution in [-0.2, 0) is 6.54 Å². The van der Waals surface area contributed by atoms with Crippen LogP contribution in [0, 0.1) is 19.8 Å². The van der Waals surface area contributed by atoms with Crippen LogP contribution in [0.15, 0.2) is 6.07 Å². The molecule has 1 rings (SSSR count). The second-order valence-electron chi connectivity index (χ2n) is 5.60. The van der Waals surface area contributed by atoms with Crippen LogP contribution in [0.25, 0.3) is 0 Å². The van der Waals surface area contributed by atoms with Crippen LogP contribution in [0.1, 0.15) is 48.4 Å². The lowest BCUT2D eigenvalue weighted by Crippen LogP contribution is -2.21. The van der Waals surface area contributed by atoms with E-state index in [0.717, 1.165) is 25.4 Å². The summed E-state index contributed by atoms with van der Waals surface area (Å²) in [5.41, 5.74) is 7.18. The van der Waals surface area contributed by atoms with Crippen LogP contribution in [0.4, 0.5) is 0 Å². The first-order valence-electron chi connectivity index (χ1n) is 7.01. The first-order chi connectivity index (χ1) is 8.49. The average Bonchev–Trinajstić information content (AvgIpc) is 2.57. The number of hydrogen-bond donors (Lipinski definition) is 2. The Hall–Kier alpha value is -0.380. The Labute approximate surface area is 116 Å². The third-order valence-electron chi connectivity index (χ3n) is 3.37. The van der Waals surface area contributed by atoms with E-state index in [1.807, 2.05) is 11.3 Å². The lowest BCUT2D eigenvalue weighted by atomic mass is 10.0. The molecular weight excluding hydrogens is 240 g/mol. The number of nitrogens with one attached hydrogen (secondary N) is 1. The fourth-order valence-corrected chi connectivity index (χ4v) is 3.09. The van der Waals surface area contributed by atoms with Gasteiger partial charge in [-0.1, -0.05) is 13.3 Å². The van der Waals surface area contributed by atoms with E-state index in [2.05, 4.69) is 39.1 Å². The molecule has 0 aliphatic rings. The summed E-state index contributed by atoms with van der Waals surface area (Å²) in [6, 6.07) is 2.65. The Bertz CT molecular complexity index is 325. The Morgan fingerprint density at radius 2 is 2.00 bits per heavy atom. The molecule has 104 valence electrons. The summed E-state index contributed by atoms with van der Waals surface area (Å²) in [6.07, 6.45) is 3.67. The number of nitrogens with two attached hydrogens (primary N) is 1. The topological polar surface area (TPSA) is 38.0 Å². The molecule has 0 bridgehead atoms. The van der Waals surface area contributed by atoms with Crippen LogP contribution < -0.4 is 11.1 Å². The molecule has 3 N–H and O–H groups in total. The summed E-state index contributed by atoms with van der Waals surface area (Å²) in [5.74, 6) is 0.742. The van der Waals surface area contributed by atoms with Gasteiger partial charge in [-0.3, -0.25) is 0 Å². The second kappa shape index (κ2) is 7.93. The molecule has 0 saturated carbocycles. The summed E-state index contributed by atoms with van der Waals surface area (Å²) < 4.78 is 0. The Balaban J connectivity index is 2.13. The minimum absolute atomic E-state index is 0.349. The van der Waals surface area contributed by atoms with Gasteiger partial charge >= 0.3 is 0 Å². The molecule has 0 amide bonds. The molecule has 2 unspecified atom stereocenters. The number of thiophene rings is 1. The van der Waals surface area contributed by atoms with Gasteiger partial charge in [-0.2, -0.15) is 0 Å². The highest BCUT2D eigenvalue weighted by molar-refractivity contribution is 7.12. The third kappa shape index (κ3) is 5.98. The maximum absolute atomic E-state index is 5.76. The zero-order chi connectivity index (χ0) is 13.5. The minimum Gasteiger partial charge on any atom is -0.328 e. The fourth-order valence-electron chi connectivity index (χ4n) is 2.07. The van der Waals surface area contributed by atoms with Gasteiger partial charge in [0.05, 0.1) is 0 Å². The van der Waals surface area contributed by atoms with E-state index in [1.165, 1.54) is 28.2 Å². The summed E-state index contributed by atoms with van der Waals surface area (Å²) in [6.45, 7) is 10.9. The van der Waals surface area contributed by atoms with E-state index in [1.54, 1.807) is 0 Å². The molecule has 2 atom stereocenters. The van der Waals surface area contributed by atoms with Crippen molar-refractivity contribution in [2.75, 3.05) is 6.54 Å². The van der Waals surface area contributed by atoms with Crippen molar-refractivity contribution >= 4 is 11.3 Å². The van der Waals surface area contributed by atoms with Crippen molar-refractivity contribution in [2.24, 2.45) is 11.7 Å². The van der Waals surface area contributed by atoms with Crippen molar-refractivity contribution in [3.05, 3.63) is 21.4 Å². The molecule has 1 heterocycles. The maximum atomic E-state index is 5.76. The Morgan fingerprint density at radius 1 is 1.28 bits per heavy atom. The molecule has 0 fully saturated rings. The van der Waals surface area contributed by atoms with Crippen molar-refractivity contribution < 1.29 is 0 Å². The third-order valence-corrected chi connectivity index (χ3v) is 4.52. The summed E-state index contributed by atoms with van der Waals surface area (Å²) in [4.78, 5) is 2.89. The summed E-state index contributed by atoms with van der Waals surface area (Å²) >= 11 is 1.91. The van der Waals surface area contributed by atoms with Crippen LogP contribution in [0.3, 0.4) is 0 Å². The van der Waals surface area contributed by atoms with Gasteiger partial charge in [0.2, 0.25) is 0 Å². The molecule has 0 spiro atoms. The van der Waals surface area contributed by atoms with Crippen molar-refractivity contribution in [2.45, 2.75) is 59.5 Å². The van der Waals surface area contributed by atoms with E-state index in [4.69, 9.17) is 5.73 Å². The number of rotatable bonds is 8. The van der Waals surface area contributed by atoms with Crippen molar-refractivity contribution in [1.82, 2.24) is 5.32 Å². The van der Waals surface area contributed by atoms with Gasteiger partial charge in [-0.25, -0.2) is 0 Å². The van der Waals surface area contributed by atoms with E-state index < -0.39 is 0 Å². The predicted molar refractivity (Wildman–Crippen MR) is 82.2 cm³/mol. The van der Waals surface area contributed by atoms with Crippen molar-refractivity contribution in [3.8, 4) is 0 Å². The highest BCUT2D eigenvalue weighted by Gasteiger charge is 2.04. The largest absolute Gasteiger partial charge is 0.328 e.